The quantitative estimate of drug-likeness (QED) is 0.765. The molecule has 1 aromatic heterocycles. The van der Waals surface area contributed by atoms with Gasteiger partial charge in [0, 0.05) is 13.2 Å². The number of hydrogen-bond donors (Lipinski definition) is 0. The summed E-state index contributed by atoms with van der Waals surface area (Å²) >= 11 is 0. The Morgan fingerprint density at radius 3 is 2.76 bits per heavy atom. The van der Waals surface area contributed by atoms with Gasteiger partial charge in [0.05, 0.1) is 17.7 Å². The van der Waals surface area contributed by atoms with Crippen LogP contribution < -0.4 is 0 Å². The summed E-state index contributed by atoms with van der Waals surface area (Å²) in [5.74, 6) is -2.61. The summed E-state index contributed by atoms with van der Waals surface area (Å²) in [6.07, 6.45) is 1.64. The highest BCUT2D eigenvalue weighted by molar-refractivity contribution is 5.97. The molecule has 1 heterocycles. The molecular formula is C12H10F2N2O. The van der Waals surface area contributed by atoms with Crippen LogP contribution in [0.3, 0.4) is 0 Å². The fourth-order valence-corrected chi connectivity index (χ4v) is 1.54. The standard InChI is InChI=1S/C12H10F2N2O/c1-16-6-5-8(15-16)7-11(17)9-3-2-4-10(13)12(9)14/h2-6H,7H2,1H3. The van der Waals surface area contributed by atoms with Gasteiger partial charge in [0.15, 0.2) is 17.4 Å². The predicted octanol–water partition coefficient (Wildman–Crippen LogP) is 2.12. The molecule has 0 aliphatic rings. The number of nitrogens with zero attached hydrogens (tertiary/aromatic N) is 2. The normalized spacial score (nSPS) is 10.5. The van der Waals surface area contributed by atoms with Crippen LogP contribution in [0.15, 0.2) is 30.5 Å². The Morgan fingerprint density at radius 2 is 2.12 bits per heavy atom. The second-order valence-electron chi connectivity index (χ2n) is 3.68. The van der Waals surface area contributed by atoms with Crippen molar-refractivity contribution in [3.63, 3.8) is 0 Å². The smallest absolute Gasteiger partial charge is 0.171 e. The molecule has 0 radical (unpaired) electrons. The van der Waals surface area contributed by atoms with Crippen molar-refractivity contribution in [2.24, 2.45) is 7.05 Å². The van der Waals surface area contributed by atoms with Gasteiger partial charge in [-0.1, -0.05) is 6.07 Å². The minimum atomic E-state index is -1.10. The number of benzene rings is 1. The first-order valence-corrected chi connectivity index (χ1v) is 5.03. The maximum atomic E-state index is 13.3. The van der Waals surface area contributed by atoms with Crippen LogP contribution in [0.5, 0.6) is 0 Å². The lowest BCUT2D eigenvalue weighted by atomic mass is 10.1. The van der Waals surface area contributed by atoms with Crippen LogP contribution >= 0.6 is 0 Å². The van der Waals surface area contributed by atoms with E-state index in [-0.39, 0.29) is 12.0 Å². The zero-order valence-corrected chi connectivity index (χ0v) is 9.15. The van der Waals surface area contributed by atoms with Gasteiger partial charge in [-0.05, 0) is 18.2 Å². The molecule has 2 aromatic rings. The third-order valence-electron chi connectivity index (χ3n) is 2.36. The Kier molecular flexibility index (Phi) is 2.99. The molecule has 0 bridgehead atoms. The molecule has 0 N–H and O–H groups in total. The molecule has 2 rings (SSSR count). The molecule has 0 saturated carbocycles. The van der Waals surface area contributed by atoms with E-state index >= 15 is 0 Å². The average Bonchev–Trinajstić information content (AvgIpc) is 2.68. The molecule has 0 atom stereocenters. The largest absolute Gasteiger partial charge is 0.294 e. The Labute approximate surface area is 96.7 Å². The summed E-state index contributed by atoms with van der Waals surface area (Å²) in [6.45, 7) is 0. The van der Waals surface area contributed by atoms with Crippen molar-refractivity contribution in [1.29, 1.82) is 0 Å². The molecular weight excluding hydrogens is 226 g/mol. The van der Waals surface area contributed by atoms with Gasteiger partial charge >= 0.3 is 0 Å². The van der Waals surface area contributed by atoms with E-state index in [0.29, 0.717) is 5.69 Å². The highest BCUT2D eigenvalue weighted by Crippen LogP contribution is 2.13. The molecule has 0 aliphatic carbocycles. The monoisotopic (exact) mass is 236 g/mol. The minimum Gasteiger partial charge on any atom is -0.294 e. The summed E-state index contributed by atoms with van der Waals surface area (Å²) in [6, 6.07) is 5.22. The van der Waals surface area contributed by atoms with Crippen LogP contribution in [0.4, 0.5) is 8.78 Å². The molecule has 1 aromatic carbocycles. The summed E-state index contributed by atoms with van der Waals surface area (Å²) in [5.41, 5.74) is 0.289. The lowest BCUT2D eigenvalue weighted by Crippen LogP contribution is -2.08. The van der Waals surface area contributed by atoms with E-state index in [9.17, 15) is 13.6 Å². The lowest BCUT2D eigenvalue weighted by molar-refractivity contribution is 0.0987. The molecule has 0 saturated heterocycles. The van der Waals surface area contributed by atoms with Gasteiger partial charge in [0.2, 0.25) is 0 Å². The van der Waals surface area contributed by atoms with Crippen LogP contribution in [0.25, 0.3) is 0 Å². The number of carbonyl (C=O) groups is 1. The SMILES string of the molecule is Cn1ccc(CC(=O)c2cccc(F)c2F)n1. The van der Waals surface area contributed by atoms with Crippen LogP contribution in [0.2, 0.25) is 0 Å². The summed E-state index contributed by atoms with van der Waals surface area (Å²) < 4.78 is 27.8. The number of carbonyl (C=O) groups excluding carboxylic acids is 1. The van der Waals surface area contributed by atoms with Gasteiger partial charge in [0.25, 0.3) is 0 Å². The van der Waals surface area contributed by atoms with Gasteiger partial charge in [0.1, 0.15) is 0 Å². The molecule has 0 spiro atoms. The third-order valence-corrected chi connectivity index (χ3v) is 2.36. The van der Waals surface area contributed by atoms with E-state index in [1.807, 2.05) is 0 Å². The van der Waals surface area contributed by atoms with E-state index < -0.39 is 17.4 Å². The summed E-state index contributed by atoms with van der Waals surface area (Å²) in [5, 5.41) is 4.01. The Balaban J connectivity index is 2.23. The fraction of sp³-hybridized carbons (Fsp3) is 0.167. The summed E-state index contributed by atoms with van der Waals surface area (Å²) in [7, 11) is 1.72. The topological polar surface area (TPSA) is 34.9 Å². The first-order valence-electron chi connectivity index (χ1n) is 5.03. The second-order valence-corrected chi connectivity index (χ2v) is 3.68. The molecule has 5 heteroatoms. The molecule has 17 heavy (non-hydrogen) atoms. The summed E-state index contributed by atoms with van der Waals surface area (Å²) in [4.78, 5) is 11.7. The maximum absolute atomic E-state index is 13.3. The minimum absolute atomic E-state index is 0.0405. The van der Waals surface area contributed by atoms with Crippen molar-refractivity contribution >= 4 is 5.78 Å². The molecule has 0 aliphatic heterocycles. The fourth-order valence-electron chi connectivity index (χ4n) is 1.54. The number of Topliss-reactive ketones (excluding diaryl/α,β-unsaturated/α-hetero) is 1. The van der Waals surface area contributed by atoms with Crippen LogP contribution in [0.1, 0.15) is 16.1 Å². The molecule has 3 nitrogen and oxygen atoms in total. The van der Waals surface area contributed by atoms with Crippen LogP contribution in [0, 0.1) is 11.6 Å². The van der Waals surface area contributed by atoms with Crippen molar-refractivity contribution in [3.8, 4) is 0 Å². The number of hydrogen-bond acceptors (Lipinski definition) is 2. The van der Waals surface area contributed by atoms with E-state index in [1.54, 1.807) is 24.0 Å². The van der Waals surface area contributed by atoms with Gasteiger partial charge in [-0.15, -0.1) is 0 Å². The third kappa shape index (κ3) is 2.38. The molecule has 0 fully saturated rings. The number of halogens is 2. The molecule has 88 valence electrons. The predicted molar refractivity (Wildman–Crippen MR) is 57.6 cm³/mol. The average molecular weight is 236 g/mol. The first-order chi connectivity index (χ1) is 8.08. The van der Waals surface area contributed by atoms with Gasteiger partial charge < -0.3 is 0 Å². The van der Waals surface area contributed by atoms with Gasteiger partial charge in [-0.3, -0.25) is 9.48 Å². The van der Waals surface area contributed by atoms with Crippen molar-refractivity contribution < 1.29 is 13.6 Å². The number of aromatic nitrogens is 2. The highest BCUT2D eigenvalue weighted by Gasteiger charge is 2.16. The van der Waals surface area contributed by atoms with Crippen LogP contribution in [-0.4, -0.2) is 15.6 Å². The second kappa shape index (κ2) is 4.45. The van der Waals surface area contributed by atoms with Crippen molar-refractivity contribution in [1.82, 2.24) is 9.78 Å². The Bertz CT molecular complexity index is 563. The lowest BCUT2D eigenvalue weighted by Gasteiger charge is -2.01. The Morgan fingerprint density at radius 1 is 1.35 bits per heavy atom. The maximum Gasteiger partial charge on any atom is 0.171 e. The number of rotatable bonds is 3. The highest BCUT2D eigenvalue weighted by atomic mass is 19.2. The van der Waals surface area contributed by atoms with E-state index in [0.717, 1.165) is 6.07 Å². The molecule has 0 amide bonds. The van der Waals surface area contributed by atoms with Gasteiger partial charge in [-0.2, -0.15) is 5.10 Å². The first kappa shape index (κ1) is 11.4. The van der Waals surface area contributed by atoms with Gasteiger partial charge in [-0.25, -0.2) is 8.78 Å². The van der Waals surface area contributed by atoms with Crippen LogP contribution in [-0.2, 0) is 13.5 Å². The number of aryl methyl sites for hydroxylation is 1. The number of ketones is 1. The van der Waals surface area contributed by atoms with Crippen molar-refractivity contribution in [2.45, 2.75) is 6.42 Å². The zero-order chi connectivity index (χ0) is 12.4. The van der Waals surface area contributed by atoms with E-state index in [4.69, 9.17) is 0 Å². The van der Waals surface area contributed by atoms with E-state index in [1.165, 1.54) is 12.1 Å². The Hall–Kier alpha value is -2.04. The molecule has 0 unspecified atom stereocenters. The zero-order valence-electron chi connectivity index (χ0n) is 9.15. The van der Waals surface area contributed by atoms with Crippen molar-refractivity contribution in [2.75, 3.05) is 0 Å². The van der Waals surface area contributed by atoms with E-state index in [2.05, 4.69) is 5.10 Å². The van der Waals surface area contributed by atoms with Crippen molar-refractivity contribution in [3.05, 3.63) is 53.4 Å².